The molecule has 1 N–H and O–H groups in total. The van der Waals surface area contributed by atoms with E-state index in [1.165, 1.54) is 4.90 Å². The van der Waals surface area contributed by atoms with E-state index < -0.39 is 12.0 Å². The highest BCUT2D eigenvalue weighted by molar-refractivity contribution is 8.26. The Hall–Kier alpha value is -2.06. The summed E-state index contributed by atoms with van der Waals surface area (Å²) in [5.41, 5.74) is 0.751. The smallest absolute Gasteiger partial charge is 0.327 e. The lowest BCUT2D eigenvalue weighted by molar-refractivity contribution is -0.147. The molecule has 2 atom stereocenters. The third kappa shape index (κ3) is 5.51. The minimum atomic E-state index is -1.05. The van der Waals surface area contributed by atoms with Crippen LogP contribution in [0.15, 0.2) is 23.1 Å². The Morgan fingerprint density at radius 1 is 1.34 bits per heavy atom. The molecule has 8 heteroatoms. The molecule has 0 saturated carbocycles. The fraction of sp³-hybridized carbons (Fsp3) is 0.476. The van der Waals surface area contributed by atoms with Crippen LogP contribution in [0.25, 0.3) is 6.08 Å². The summed E-state index contributed by atoms with van der Waals surface area (Å²) in [7, 11) is 1.56. The van der Waals surface area contributed by atoms with Crippen LogP contribution < -0.4 is 9.47 Å². The van der Waals surface area contributed by atoms with E-state index in [9.17, 15) is 14.7 Å². The van der Waals surface area contributed by atoms with Gasteiger partial charge in [0, 0.05) is 0 Å². The van der Waals surface area contributed by atoms with Crippen molar-refractivity contribution < 1.29 is 24.2 Å². The molecule has 0 unspecified atom stereocenters. The maximum absolute atomic E-state index is 12.9. The van der Waals surface area contributed by atoms with Crippen LogP contribution >= 0.6 is 24.0 Å². The van der Waals surface area contributed by atoms with Gasteiger partial charge >= 0.3 is 5.97 Å². The monoisotopic (exact) mass is 437 g/mol. The van der Waals surface area contributed by atoms with E-state index in [4.69, 9.17) is 21.7 Å². The summed E-state index contributed by atoms with van der Waals surface area (Å²) in [5, 5.41) is 9.62. The average molecular weight is 438 g/mol. The number of thiocarbonyl (C=S) groups is 1. The number of carbonyl (C=O) groups is 2. The maximum atomic E-state index is 12.9. The summed E-state index contributed by atoms with van der Waals surface area (Å²) in [5.74, 6) is -0.419. The second kappa shape index (κ2) is 10.6. The van der Waals surface area contributed by atoms with Crippen molar-refractivity contribution >= 4 is 46.3 Å². The highest BCUT2D eigenvalue weighted by Gasteiger charge is 2.42. The molecule has 1 saturated heterocycles. The van der Waals surface area contributed by atoms with E-state index in [0.717, 1.165) is 30.2 Å². The van der Waals surface area contributed by atoms with Gasteiger partial charge in [-0.1, -0.05) is 63.7 Å². The van der Waals surface area contributed by atoms with Gasteiger partial charge in [0.2, 0.25) is 0 Å². The highest BCUT2D eigenvalue weighted by Crippen LogP contribution is 2.37. The van der Waals surface area contributed by atoms with Gasteiger partial charge in [-0.3, -0.25) is 9.69 Å². The van der Waals surface area contributed by atoms with Crippen LogP contribution in [-0.4, -0.2) is 46.0 Å². The molecule has 158 valence electrons. The van der Waals surface area contributed by atoms with Crippen molar-refractivity contribution in [1.82, 2.24) is 4.90 Å². The number of methoxy groups -OCH3 is 1. The fourth-order valence-corrected chi connectivity index (χ4v) is 4.25. The van der Waals surface area contributed by atoms with Crippen molar-refractivity contribution in [3.05, 3.63) is 28.7 Å². The van der Waals surface area contributed by atoms with E-state index >= 15 is 0 Å². The molecular weight excluding hydrogens is 410 g/mol. The number of nitrogens with zero attached hydrogens (tertiary/aromatic N) is 1. The van der Waals surface area contributed by atoms with Crippen LogP contribution in [0, 0.1) is 5.92 Å². The van der Waals surface area contributed by atoms with Gasteiger partial charge < -0.3 is 14.6 Å². The molecule has 1 aromatic rings. The average Bonchev–Trinajstić information content (AvgIpc) is 2.96. The van der Waals surface area contributed by atoms with Gasteiger partial charge in [0.1, 0.15) is 10.4 Å². The van der Waals surface area contributed by atoms with Crippen LogP contribution in [0.4, 0.5) is 0 Å². The minimum Gasteiger partial charge on any atom is -0.493 e. The molecule has 1 aliphatic rings. The lowest BCUT2D eigenvalue weighted by Gasteiger charge is -2.27. The number of hydrogen-bond donors (Lipinski definition) is 1. The highest BCUT2D eigenvalue weighted by atomic mass is 32.2. The van der Waals surface area contributed by atoms with E-state index in [1.54, 1.807) is 25.3 Å². The summed E-state index contributed by atoms with van der Waals surface area (Å²) in [6.45, 7) is 6.40. The first-order chi connectivity index (χ1) is 13.8. The number of carboxylic acid groups (broad SMARTS) is 1. The van der Waals surface area contributed by atoms with Gasteiger partial charge in [0.15, 0.2) is 11.5 Å². The van der Waals surface area contributed by atoms with Gasteiger partial charge in [-0.25, -0.2) is 4.79 Å². The summed E-state index contributed by atoms with van der Waals surface area (Å²) in [6.07, 6.45) is 4.32. The van der Waals surface area contributed by atoms with Gasteiger partial charge in [0.25, 0.3) is 5.91 Å². The number of hydrogen-bond acceptors (Lipinski definition) is 6. The molecular formula is C21H27NO5S2. The molecule has 6 nitrogen and oxygen atoms in total. The summed E-state index contributed by atoms with van der Waals surface area (Å²) >= 11 is 6.44. The van der Waals surface area contributed by atoms with Crippen molar-refractivity contribution in [1.29, 1.82) is 0 Å². The molecule has 0 bridgehead atoms. The second-order valence-corrected chi connectivity index (χ2v) is 8.51. The van der Waals surface area contributed by atoms with Crippen LogP contribution in [0.1, 0.15) is 45.6 Å². The molecule has 1 heterocycles. The Balaban J connectivity index is 2.27. The number of carbonyl (C=O) groups excluding carboxylic acids is 1. The lowest BCUT2D eigenvalue weighted by Crippen LogP contribution is -2.47. The lowest BCUT2D eigenvalue weighted by atomic mass is 9.98. The minimum absolute atomic E-state index is 0.214. The molecule has 1 amide bonds. The number of amides is 1. The standard InChI is InChI=1S/C21H27NO5S2/c1-5-7-10-27-15-9-8-14(11-16(15)26-4)12-17-19(23)22(21(28)29-17)18(20(24)25)13(3)6-2/h8-9,11-13,18H,5-7,10H2,1-4H3,(H,24,25)/b17-12-/t13-,18+/m0/s1. The van der Waals surface area contributed by atoms with Crippen LogP contribution in [0.3, 0.4) is 0 Å². The largest absolute Gasteiger partial charge is 0.493 e. The predicted octanol–water partition coefficient (Wildman–Crippen LogP) is 4.57. The Morgan fingerprint density at radius 2 is 2.07 bits per heavy atom. The van der Waals surface area contributed by atoms with Crippen molar-refractivity contribution in [2.24, 2.45) is 5.92 Å². The van der Waals surface area contributed by atoms with Gasteiger partial charge in [-0.05, 0) is 36.1 Å². The first kappa shape index (κ1) is 23.2. The molecule has 2 rings (SSSR count). The van der Waals surface area contributed by atoms with Crippen molar-refractivity contribution in [3.8, 4) is 11.5 Å². The number of thioether (sulfide) groups is 1. The van der Waals surface area contributed by atoms with Crippen molar-refractivity contribution in [3.63, 3.8) is 0 Å². The van der Waals surface area contributed by atoms with Crippen LogP contribution in [-0.2, 0) is 9.59 Å². The Labute approximate surface area is 181 Å². The zero-order valence-electron chi connectivity index (χ0n) is 17.1. The Bertz CT molecular complexity index is 808. The van der Waals surface area contributed by atoms with Crippen molar-refractivity contribution in [2.75, 3.05) is 13.7 Å². The maximum Gasteiger partial charge on any atom is 0.327 e. The molecule has 1 aliphatic heterocycles. The third-order valence-electron chi connectivity index (χ3n) is 4.78. The second-order valence-electron chi connectivity index (χ2n) is 6.83. The van der Waals surface area contributed by atoms with E-state index in [-0.39, 0.29) is 16.1 Å². The van der Waals surface area contributed by atoms with Gasteiger partial charge in [-0.2, -0.15) is 0 Å². The van der Waals surface area contributed by atoms with E-state index in [2.05, 4.69) is 6.92 Å². The summed E-state index contributed by atoms with van der Waals surface area (Å²) < 4.78 is 11.4. The SMILES string of the molecule is CCCCOc1ccc(/C=C2\SC(=S)N([C@@H](C(=O)O)[C@@H](C)CC)C2=O)cc1OC. The van der Waals surface area contributed by atoms with Crippen LogP contribution in [0.2, 0.25) is 0 Å². The topological polar surface area (TPSA) is 76.1 Å². The number of carboxylic acids is 1. The molecule has 1 fully saturated rings. The normalized spacial score (nSPS) is 17.5. The molecule has 0 aromatic heterocycles. The van der Waals surface area contributed by atoms with Gasteiger partial charge in [-0.15, -0.1) is 0 Å². The van der Waals surface area contributed by atoms with Crippen molar-refractivity contribution in [2.45, 2.75) is 46.1 Å². The number of ether oxygens (including phenoxy) is 2. The Kier molecular flexibility index (Phi) is 8.52. The summed E-state index contributed by atoms with van der Waals surface area (Å²) in [4.78, 5) is 26.3. The molecule has 1 aromatic carbocycles. The fourth-order valence-electron chi connectivity index (χ4n) is 2.92. The number of rotatable bonds is 10. The number of benzene rings is 1. The van der Waals surface area contributed by atoms with E-state index in [1.807, 2.05) is 19.9 Å². The molecule has 29 heavy (non-hydrogen) atoms. The number of unbranched alkanes of at least 4 members (excludes halogenated alkanes) is 1. The molecule has 0 aliphatic carbocycles. The third-order valence-corrected chi connectivity index (χ3v) is 6.11. The van der Waals surface area contributed by atoms with E-state index in [0.29, 0.717) is 29.4 Å². The first-order valence-electron chi connectivity index (χ1n) is 9.64. The predicted molar refractivity (Wildman–Crippen MR) is 119 cm³/mol. The van der Waals surface area contributed by atoms with Crippen LogP contribution in [0.5, 0.6) is 11.5 Å². The Morgan fingerprint density at radius 3 is 2.66 bits per heavy atom. The molecule has 0 radical (unpaired) electrons. The first-order valence-corrected chi connectivity index (χ1v) is 10.9. The quantitative estimate of drug-likeness (QED) is 0.326. The zero-order chi connectivity index (χ0) is 21.6. The molecule has 0 spiro atoms. The number of aliphatic carboxylic acids is 1. The zero-order valence-corrected chi connectivity index (χ0v) is 18.8. The van der Waals surface area contributed by atoms with Gasteiger partial charge in [0.05, 0.1) is 18.6 Å². The summed E-state index contributed by atoms with van der Waals surface area (Å²) in [6, 6.07) is 4.46.